The molecule has 0 spiro atoms. The molecule has 2 heterocycles. The van der Waals surface area contributed by atoms with E-state index in [2.05, 4.69) is 20.3 Å². The van der Waals surface area contributed by atoms with Crippen LogP contribution in [-0.4, -0.2) is 25.4 Å². The molecule has 0 bridgehead atoms. The molecule has 3 rings (SSSR count). The Bertz CT molecular complexity index is 868. The van der Waals surface area contributed by atoms with E-state index in [4.69, 9.17) is 0 Å². The van der Waals surface area contributed by atoms with Crippen LogP contribution in [0.15, 0.2) is 36.8 Å². The lowest BCUT2D eigenvalue weighted by molar-refractivity contribution is -0.116. The second kappa shape index (κ2) is 6.66. The Morgan fingerprint density at radius 1 is 1.33 bits per heavy atom. The number of amides is 1. The molecular weight excluding hydrogens is 309 g/mol. The minimum Gasteiger partial charge on any atom is -0.340 e. The first kappa shape index (κ1) is 15.9. The number of carbonyl (C=O) groups is 1. The van der Waals surface area contributed by atoms with Crippen LogP contribution < -0.4 is 5.32 Å². The number of imidazole rings is 2. The van der Waals surface area contributed by atoms with E-state index < -0.39 is 0 Å². The number of aryl methyl sites for hydroxylation is 3. The lowest BCUT2D eigenvalue weighted by Crippen LogP contribution is -2.15. The zero-order valence-electron chi connectivity index (χ0n) is 13.5. The van der Waals surface area contributed by atoms with Crippen LogP contribution in [0.25, 0.3) is 11.6 Å². The molecule has 0 aliphatic heterocycles. The summed E-state index contributed by atoms with van der Waals surface area (Å²) < 4.78 is 15.1. The summed E-state index contributed by atoms with van der Waals surface area (Å²) in [5, 5.41) is 2.77. The Hall–Kier alpha value is -2.96. The normalized spacial score (nSPS) is 10.8. The fraction of sp³-hybridized carbons (Fsp3) is 0.235. The van der Waals surface area contributed by atoms with Crippen molar-refractivity contribution in [3.05, 3.63) is 53.9 Å². The molecule has 0 aliphatic carbocycles. The van der Waals surface area contributed by atoms with E-state index >= 15 is 0 Å². The van der Waals surface area contributed by atoms with Gasteiger partial charge in [0.05, 0.1) is 0 Å². The number of halogens is 1. The van der Waals surface area contributed by atoms with Crippen molar-refractivity contribution < 1.29 is 9.18 Å². The summed E-state index contributed by atoms with van der Waals surface area (Å²) in [6.07, 6.45) is 5.49. The van der Waals surface area contributed by atoms with Crippen molar-refractivity contribution in [3.63, 3.8) is 0 Å². The summed E-state index contributed by atoms with van der Waals surface area (Å²) >= 11 is 0. The van der Waals surface area contributed by atoms with Crippen molar-refractivity contribution in [1.82, 2.24) is 19.5 Å². The first-order chi connectivity index (χ1) is 11.5. The smallest absolute Gasteiger partial charge is 0.226 e. The third-order valence-corrected chi connectivity index (χ3v) is 3.65. The average Bonchev–Trinajstić information content (AvgIpc) is 3.17. The van der Waals surface area contributed by atoms with Crippen LogP contribution in [0.2, 0.25) is 0 Å². The molecule has 0 unspecified atom stereocenters. The molecule has 124 valence electrons. The van der Waals surface area contributed by atoms with E-state index in [9.17, 15) is 9.18 Å². The van der Waals surface area contributed by atoms with Gasteiger partial charge in [0.1, 0.15) is 5.82 Å². The molecule has 1 amide bonds. The van der Waals surface area contributed by atoms with Gasteiger partial charge in [-0.15, -0.1) is 0 Å². The van der Waals surface area contributed by atoms with Gasteiger partial charge >= 0.3 is 0 Å². The molecule has 0 saturated heterocycles. The van der Waals surface area contributed by atoms with Gasteiger partial charge in [-0.1, -0.05) is 0 Å². The van der Waals surface area contributed by atoms with E-state index in [0.717, 1.165) is 5.69 Å². The number of nitrogens with zero attached hydrogens (tertiary/aromatic N) is 3. The largest absolute Gasteiger partial charge is 0.340 e. The van der Waals surface area contributed by atoms with Crippen molar-refractivity contribution in [2.24, 2.45) is 0 Å². The minimum absolute atomic E-state index is 0.142. The van der Waals surface area contributed by atoms with Gasteiger partial charge in [-0.3, -0.25) is 4.79 Å². The molecule has 0 saturated carbocycles. The fourth-order valence-electron chi connectivity index (χ4n) is 2.40. The highest BCUT2D eigenvalue weighted by Crippen LogP contribution is 2.16. The summed E-state index contributed by atoms with van der Waals surface area (Å²) in [5.41, 5.74) is 2.04. The van der Waals surface area contributed by atoms with Crippen LogP contribution in [0.1, 0.15) is 17.7 Å². The molecule has 6 nitrogen and oxygen atoms in total. The monoisotopic (exact) mass is 327 g/mol. The van der Waals surface area contributed by atoms with E-state index in [1.54, 1.807) is 31.5 Å². The van der Waals surface area contributed by atoms with Gasteiger partial charge in [-0.2, -0.15) is 0 Å². The molecule has 2 N–H and O–H groups in total. The third kappa shape index (κ3) is 3.51. The Labute approximate surface area is 138 Å². The molecule has 1 aromatic carbocycles. The van der Waals surface area contributed by atoms with Gasteiger partial charge in [0.25, 0.3) is 0 Å². The van der Waals surface area contributed by atoms with Crippen LogP contribution in [0.4, 0.5) is 10.1 Å². The molecule has 7 heteroatoms. The highest BCUT2D eigenvalue weighted by Gasteiger charge is 2.11. The van der Waals surface area contributed by atoms with E-state index in [1.165, 1.54) is 6.07 Å². The SMILES string of the molecule is Cc1cnc(-c2nccn2CCC(=O)Nc2ccc(F)c(C)c2)[nH]1. The van der Waals surface area contributed by atoms with Gasteiger partial charge in [-0.25, -0.2) is 14.4 Å². The Kier molecular flexibility index (Phi) is 4.41. The number of benzene rings is 1. The number of H-pyrrole nitrogens is 1. The number of nitrogens with one attached hydrogen (secondary N) is 2. The Morgan fingerprint density at radius 2 is 2.17 bits per heavy atom. The van der Waals surface area contributed by atoms with E-state index in [1.807, 2.05) is 17.7 Å². The number of hydrogen-bond acceptors (Lipinski definition) is 3. The van der Waals surface area contributed by atoms with Crippen LogP contribution in [0.5, 0.6) is 0 Å². The standard InChI is InChI=1S/C17H18FN5O/c1-11-9-13(3-4-14(11)18)22-15(24)5-7-23-8-6-19-17(23)16-20-10-12(2)21-16/h3-4,6,8-10H,5,7H2,1-2H3,(H,20,21)(H,22,24). The highest BCUT2D eigenvalue weighted by molar-refractivity contribution is 5.90. The first-order valence-corrected chi connectivity index (χ1v) is 7.62. The van der Waals surface area contributed by atoms with Crippen molar-refractivity contribution >= 4 is 11.6 Å². The lowest BCUT2D eigenvalue weighted by atomic mass is 10.2. The summed E-state index contributed by atoms with van der Waals surface area (Å²) in [6, 6.07) is 4.51. The molecule has 2 aromatic heterocycles. The van der Waals surface area contributed by atoms with Crippen LogP contribution in [0.3, 0.4) is 0 Å². The number of carbonyl (C=O) groups excluding carboxylic acids is 1. The van der Waals surface area contributed by atoms with Crippen molar-refractivity contribution in [2.75, 3.05) is 5.32 Å². The second-order valence-electron chi connectivity index (χ2n) is 5.62. The second-order valence-corrected chi connectivity index (χ2v) is 5.62. The maximum atomic E-state index is 13.2. The predicted molar refractivity (Wildman–Crippen MR) is 88.9 cm³/mol. The van der Waals surface area contributed by atoms with Gasteiger partial charge < -0.3 is 14.9 Å². The van der Waals surface area contributed by atoms with Gasteiger partial charge in [-0.05, 0) is 37.6 Å². The summed E-state index contributed by atoms with van der Waals surface area (Å²) in [7, 11) is 0. The molecule has 0 fully saturated rings. The first-order valence-electron chi connectivity index (χ1n) is 7.62. The summed E-state index contributed by atoms with van der Waals surface area (Å²) in [5.74, 6) is 0.932. The van der Waals surface area contributed by atoms with E-state index in [0.29, 0.717) is 29.4 Å². The van der Waals surface area contributed by atoms with E-state index in [-0.39, 0.29) is 18.1 Å². The molecule has 24 heavy (non-hydrogen) atoms. The van der Waals surface area contributed by atoms with Crippen LogP contribution in [-0.2, 0) is 11.3 Å². The average molecular weight is 327 g/mol. The molecule has 0 atom stereocenters. The zero-order valence-corrected chi connectivity index (χ0v) is 13.5. The maximum absolute atomic E-state index is 13.2. The fourth-order valence-corrected chi connectivity index (χ4v) is 2.40. The number of anilines is 1. The lowest BCUT2D eigenvalue weighted by Gasteiger charge is -2.08. The minimum atomic E-state index is -0.287. The number of aromatic amines is 1. The zero-order chi connectivity index (χ0) is 17.1. The molecule has 0 aliphatic rings. The molecule has 0 radical (unpaired) electrons. The van der Waals surface area contributed by atoms with Crippen molar-refractivity contribution in [3.8, 4) is 11.6 Å². The quantitative estimate of drug-likeness (QED) is 0.756. The van der Waals surface area contributed by atoms with Crippen molar-refractivity contribution in [2.45, 2.75) is 26.8 Å². The van der Waals surface area contributed by atoms with Crippen molar-refractivity contribution in [1.29, 1.82) is 0 Å². The Morgan fingerprint density at radius 3 is 2.88 bits per heavy atom. The Balaban J connectivity index is 1.63. The maximum Gasteiger partial charge on any atom is 0.226 e. The topological polar surface area (TPSA) is 75.6 Å². The van der Waals surface area contributed by atoms with Gasteiger partial charge in [0.2, 0.25) is 5.91 Å². The van der Waals surface area contributed by atoms with Gasteiger partial charge in [0.15, 0.2) is 11.6 Å². The molecular formula is C17H18FN5O. The summed E-state index contributed by atoms with van der Waals surface area (Å²) in [4.78, 5) is 23.8. The summed E-state index contributed by atoms with van der Waals surface area (Å²) in [6.45, 7) is 4.05. The van der Waals surface area contributed by atoms with Crippen LogP contribution in [0, 0.1) is 19.7 Å². The van der Waals surface area contributed by atoms with Crippen LogP contribution >= 0.6 is 0 Å². The number of rotatable bonds is 5. The highest BCUT2D eigenvalue weighted by atomic mass is 19.1. The third-order valence-electron chi connectivity index (χ3n) is 3.65. The van der Waals surface area contributed by atoms with Gasteiger partial charge in [0, 0.05) is 42.9 Å². The predicted octanol–water partition coefficient (Wildman–Crippen LogP) is 3.06. The number of hydrogen-bond donors (Lipinski definition) is 2. The number of aromatic nitrogens is 4. The molecule has 3 aromatic rings.